The van der Waals surface area contributed by atoms with Crippen LogP contribution in [0, 0.1) is 17.2 Å². The summed E-state index contributed by atoms with van der Waals surface area (Å²) >= 11 is 0. The first-order chi connectivity index (χ1) is 8.61. The van der Waals surface area contributed by atoms with Gasteiger partial charge in [0.1, 0.15) is 5.75 Å². The highest BCUT2D eigenvalue weighted by atomic mass is 16.5. The van der Waals surface area contributed by atoms with Gasteiger partial charge in [-0.05, 0) is 18.2 Å². The summed E-state index contributed by atoms with van der Waals surface area (Å²) in [6, 6.07) is 6.85. The second-order valence-corrected chi connectivity index (χ2v) is 4.18. The molecule has 0 aliphatic carbocycles. The van der Waals surface area contributed by atoms with Gasteiger partial charge in [-0.1, -0.05) is 6.92 Å². The molecule has 0 spiro atoms. The summed E-state index contributed by atoms with van der Waals surface area (Å²) < 4.78 is 5.24. The van der Waals surface area contributed by atoms with Gasteiger partial charge >= 0.3 is 0 Å². The lowest BCUT2D eigenvalue weighted by atomic mass is 9.96. The number of amides is 1. The molecular weight excluding hydrogens is 232 g/mol. The SMILES string of the molecule is CC(CC#N)C(=O)c1ccc2c(c1)OCC(=O)N2. The molecule has 1 amide bonds. The highest BCUT2D eigenvalue weighted by molar-refractivity contribution is 6.00. The Labute approximate surface area is 104 Å². The van der Waals surface area contributed by atoms with Gasteiger partial charge < -0.3 is 10.1 Å². The second kappa shape index (κ2) is 4.88. The van der Waals surface area contributed by atoms with Crippen molar-refractivity contribution in [2.75, 3.05) is 11.9 Å². The quantitative estimate of drug-likeness (QED) is 0.821. The number of nitriles is 1. The van der Waals surface area contributed by atoms with Crippen molar-refractivity contribution >= 4 is 17.4 Å². The molecule has 0 radical (unpaired) electrons. The highest BCUT2D eigenvalue weighted by Gasteiger charge is 2.20. The smallest absolute Gasteiger partial charge is 0.262 e. The number of nitrogens with zero attached hydrogens (tertiary/aromatic N) is 1. The van der Waals surface area contributed by atoms with Crippen LogP contribution in [-0.4, -0.2) is 18.3 Å². The molecule has 1 aromatic carbocycles. The molecule has 18 heavy (non-hydrogen) atoms. The number of hydrogen-bond donors (Lipinski definition) is 1. The van der Waals surface area contributed by atoms with Crippen LogP contribution in [0.2, 0.25) is 0 Å². The number of anilines is 1. The van der Waals surface area contributed by atoms with E-state index in [9.17, 15) is 9.59 Å². The van der Waals surface area contributed by atoms with E-state index in [1.54, 1.807) is 25.1 Å². The van der Waals surface area contributed by atoms with Crippen LogP contribution in [0.25, 0.3) is 0 Å². The Morgan fingerprint density at radius 1 is 1.61 bits per heavy atom. The van der Waals surface area contributed by atoms with Crippen molar-refractivity contribution in [3.63, 3.8) is 0 Å². The average molecular weight is 244 g/mol. The summed E-state index contributed by atoms with van der Waals surface area (Å²) in [7, 11) is 0. The number of benzene rings is 1. The Morgan fingerprint density at radius 2 is 2.39 bits per heavy atom. The molecule has 0 fully saturated rings. The summed E-state index contributed by atoms with van der Waals surface area (Å²) in [6.45, 7) is 1.67. The zero-order valence-corrected chi connectivity index (χ0v) is 9.90. The number of nitrogens with one attached hydrogen (secondary N) is 1. The molecule has 5 heteroatoms. The summed E-state index contributed by atoms with van der Waals surface area (Å²) in [4.78, 5) is 23.1. The van der Waals surface area contributed by atoms with E-state index in [0.717, 1.165) is 0 Å². The predicted octanol–water partition coefficient (Wildman–Crippen LogP) is 1.75. The Morgan fingerprint density at radius 3 is 3.11 bits per heavy atom. The molecule has 0 saturated heterocycles. The molecule has 2 rings (SSSR count). The fourth-order valence-corrected chi connectivity index (χ4v) is 1.74. The van der Waals surface area contributed by atoms with Crippen molar-refractivity contribution in [2.45, 2.75) is 13.3 Å². The molecule has 1 aliphatic heterocycles. The number of hydrogen-bond acceptors (Lipinski definition) is 4. The van der Waals surface area contributed by atoms with E-state index < -0.39 is 0 Å². The third-order valence-corrected chi connectivity index (χ3v) is 2.74. The van der Waals surface area contributed by atoms with Gasteiger partial charge in [0, 0.05) is 17.9 Å². The summed E-state index contributed by atoms with van der Waals surface area (Å²) in [5.41, 5.74) is 1.06. The summed E-state index contributed by atoms with van der Waals surface area (Å²) in [5.74, 6) is -0.157. The van der Waals surface area contributed by atoms with E-state index in [-0.39, 0.29) is 30.6 Å². The third-order valence-electron chi connectivity index (χ3n) is 2.74. The fourth-order valence-electron chi connectivity index (χ4n) is 1.74. The van der Waals surface area contributed by atoms with E-state index in [4.69, 9.17) is 10.00 Å². The lowest BCUT2D eigenvalue weighted by molar-refractivity contribution is -0.118. The maximum absolute atomic E-state index is 12.0. The van der Waals surface area contributed by atoms with Crippen LogP contribution in [0.4, 0.5) is 5.69 Å². The first kappa shape index (κ1) is 12.1. The van der Waals surface area contributed by atoms with Gasteiger partial charge in [0.05, 0.1) is 11.8 Å². The normalized spacial score (nSPS) is 14.8. The standard InChI is InChI=1S/C13H12N2O3/c1-8(4-5-14)13(17)9-2-3-10-11(6-9)18-7-12(16)15-10/h2-3,6,8H,4,7H2,1H3,(H,15,16). The minimum absolute atomic E-state index is 0.0433. The maximum Gasteiger partial charge on any atom is 0.262 e. The van der Waals surface area contributed by atoms with Gasteiger partial charge in [0.2, 0.25) is 0 Å². The van der Waals surface area contributed by atoms with Gasteiger partial charge in [-0.25, -0.2) is 0 Å². The highest BCUT2D eigenvalue weighted by Crippen LogP contribution is 2.29. The number of carbonyl (C=O) groups is 2. The number of fused-ring (bicyclic) bond motifs is 1. The van der Waals surface area contributed by atoms with Crippen LogP contribution < -0.4 is 10.1 Å². The van der Waals surface area contributed by atoms with Crippen molar-refractivity contribution in [3.05, 3.63) is 23.8 Å². The Hall–Kier alpha value is -2.35. The van der Waals surface area contributed by atoms with Crippen molar-refractivity contribution in [2.24, 2.45) is 5.92 Å². The molecule has 1 aliphatic rings. The molecule has 1 atom stereocenters. The maximum atomic E-state index is 12.0. The summed E-state index contributed by atoms with van der Waals surface area (Å²) in [6.07, 6.45) is 0.188. The minimum atomic E-state index is -0.341. The third kappa shape index (κ3) is 2.33. The number of carbonyl (C=O) groups excluding carboxylic acids is 2. The molecule has 0 bridgehead atoms. The molecule has 0 saturated carbocycles. The molecule has 0 aromatic heterocycles. The van der Waals surface area contributed by atoms with Gasteiger partial charge in [-0.3, -0.25) is 9.59 Å². The molecule has 1 heterocycles. The van der Waals surface area contributed by atoms with Gasteiger partial charge in [0.15, 0.2) is 12.4 Å². The molecule has 5 nitrogen and oxygen atoms in total. The topological polar surface area (TPSA) is 79.2 Å². The van der Waals surface area contributed by atoms with Crippen LogP contribution in [0.5, 0.6) is 5.75 Å². The second-order valence-electron chi connectivity index (χ2n) is 4.18. The number of rotatable bonds is 3. The van der Waals surface area contributed by atoms with E-state index in [1.165, 1.54) is 0 Å². The minimum Gasteiger partial charge on any atom is -0.482 e. The largest absolute Gasteiger partial charge is 0.482 e. The number of ketones is 1. The van der Waals surface area contributed by atoms with Crippen molar-refractivity contribution in [3.8, 4) is 11.8 Å². The van der Waals surface area contributed by atoms with Gasteiger partial charge in [0.25, 0.3) is 5.91 Å². The first-order valence-corrected chi connectivity index (χ1v) is 5.59. The lowest BCUT2D eigenvalue weighted by Crippen LogP contribution is -2.25. The zero-order valence-electron chi connectivity index (χ0n) is 9.90. The fraction of sp³-hybridized carbons (Fsp3) is 0.308. The average Bonchev–Trinajstić information content (AvgIpc) is 2.37. The van der Waals surface area contributed by atoms with E-state index in [0.29, 0.717) is 17.0 Å². The predicted molar refractivity (Wildman–Crippen MR) is 64.3 cm³/mol. The number of Topliss-reactive ketones (excluding diaryl/α,β-unsaturated/α-hetero) is 1. The van der Waals surface area contributed by atoms with E-state index in [1.807, 2.05) is 6.07 Å². The van der Waals surface area contributed by atoms with E-state index >= 15 is 0 Å². The molecule has 1 unspecified atom stereocenters. The Kier molecular flexibility index (Phi) is 3.28. The molecular formula is C13H12N2O3. The first-order valence-electron chi connectivity index (χ1n) is 5.59. The molecule has 92 valence electrons. The Bertz CT molecular complexity index is 546. The van der Waals surface area contributed by atoms with Crippen LogP contribution in [0.3, 0.4) is 0 Å². The molecule has 1 aromatic rings. The van der Waals surface area contributed by atoms with Crippen molar-refractivity contribution < 1.29 is 14.3 Å². The lowest BCUT2D eigenvalue weighted by Gasteiger charge is -2.18. The van der Waals surface area contributed by atoms with Crippen LogP contribution in [-0.2, 0) is 4.79 Å². The summed E-state index contributed by atoms with van der Waals surface area (Å²) in [5, 5.41) is 11.2. The Balaban J connectivity index is 2.24. The zero-order chi connectivity index (χ0) is 13.1. The van der Waals surface area contributed by atoms with Gasteiger partial charge in [-0.2, -0.15) is 5.26 Å². The monoisotopic (exact) mass is 244 g/mol. The van der Waals surface area contributed by atoms with Crippen LogP contribution in [0.1, 0.15) is 23.7 Å². The van der Waals surface area contributed by atoms with Gasteiger partial charge in [-0.15, -0.1) is 0 Å². The van der Waals surface area contributed by atoms with Crippen molar-refractivity contribution in [1.29, 1.82) is 5.26 Å². The van der Waals surface area contributed by atoms with Crippen LogP contribution >= 0.6 is 0 Å². The molecule has 1 N–H and O–H groups in total. The van der Waals surface area contributed by atoms with E-state index in [2.05, 4.69) is 5.32 Å². The van der Waals surface area contributed by atoms with Crippen LogP contribution in [0.15, 0.2) is 18.2 Å². The number of ether oxygens (including phenoxy) is 1. The van der Waals surface area contributed by atoms with Crippen molar-refractivity contribution in [1.82, 2.24) is 0 Å².